The van der Waals surface area contributed by atoms with Crippen molar-refractivity contribution in [2.75, 3.05) is 19.7 Å². The fourth-order valence-electron chi connectivity index (χ4n) is 2.80. The Morgan fingerprint density at radius 1 is 1.39 bits per heavy atom. The van der Waals surface area contributed by atoms with E-state index in [9.17, 15) is 9.90 Å². The van der Waals surface area contributed by atoms with Crippen LogP contribution in [-0.4, -0.2) is 53.5 Å². The molecule has 2 atom stereocenters. The molecule has 2 rings (SSSR count). The number of aliphatic hydroxyl groups is 1. The zero-order valence-electron chi connectivity index (χ0n) is 14.3. The van der Waals surface area contributed by atoms with Gasteiger partial charge in [0.15, 0.2) is 0 Å². The quantitative estimate of drug-likeness (QED) is 0.873. The molecule has 2 N–H and O–H groups in total. The van der Waals surface area contributed by atoms with Crippen molar-refractivity contribution in [1.82, 2.24) is 10.2 Å². The van der Waals surface area contributed by atoms with Gasteiger partial charge in [-0.3, -0.25) is 0 Å². The molecule has 23 heavy (non-hydrogen) atoms. The number of ether oxygens (including phenoxy) is 1. The molecule has 2 unspecified atom stereocenters. The summed E-state index contributed by atoms with van der Waals surface area (Å²) in [7, 11) is 0. The zero-order chi connectivity index (χ0) is 16.9. The highest BCUT2D eigenvalue weighted by Crippen LogP contribution is 2.16. The van der Waals surface area contributed by atoms with Gasteiger partial charge in [0.2, 0.25) is 0 Å². The number of rotatable bonds is 5. The van der Waals surface area contributed by atoms with E-state index >= 15 is 0 Å². The third-order valence-corrected chi connectivity index (χ3v) is 3.86. The summed E-state index contributed by atoms with van der Waals surface area (Å²) in [5.41, 5.74) is 0.727. The highest BCUT2D eigenvalue weighted by Gasteiger charge is 2.30. The Bertz CT molecular complexity index is 499. The van der Waals surface area contributed by atoms with Gasteiger partial charge in [0.05, 0.1) is 6.61 Å². The molecule has 0 saturated carbocycles. The molecule has 1 aromatic carbocycles. The van der Waals surface area contributed by atoms with Gasteiger partial charge in [-0.05, 0) is 39.2 Å². The van der Waals surface area contributed by atoms with Gasteiger partial charge in [0.25, 0.3) is 0 Å². The predicted octanol–water partition coefficient (Wildman–Crippen LogP) is 2.19. The third-order valence-electron chi connectivity index (χ3n) is 3.86. The average Bonchev–Trinajstić information content (AvgIpc) is 2.94. The number of benzene rings is 1. The fraction of sp³-hybridized carbons (Fsp3) is 0.611. The van der Waals surface area contributed by atoms with Crippen molar-refractivity contribution in [1.29, 1.82) is 0 Å². The molecular formula is C18H28N2O3. The Morgan fingerprint density at radius 3 is 2.70 bits per heavy atom. The first-order valence-electron chi connectivity index (χ1n) is 8.26. The van der Waals surface area contributed by atoms with Crippen molar-refractivity contribution >= 4 is 6.09 Å². The summed E-state index contributed by atoms with van der Waals surface area (Å²) in [5, 5.41) is 13.1. The van der Waals surface area contributed by atoms with E-state index in [1.54, 1.807) is 4.90 Å². The number of nitrogens with one attached hydrogen (secondary N) is 1. The Hall–Kier alpha value is -1.59. The van der Waals surface area contributed by atoms with E-state index in [1.165, 1.54) is 5.56 Å². The second kappa shape index (κ2) is 7.79. The van der Waals surface area contributed by atoms with Crippen LogP contribution in [0.2, 0.25) is 0 Å². The minimum atomic E-state index is -0.469. The van der Waals surface area contributed by atoms with E-state index in [2.05, 4.69) is 17.4 Å². The summed E-state index contributed by atoms with van der Waals surface area (Å²) in [4.78, 5) is 13.8. The topological polar surface area (TPSA) is 61.8 Å². The van der Waals surface area contributed by atoms with E-state index in [-0.39, 0.29) is 24.8 Å². The molecule has 0 radical (unpaired) electrons. The maximum absolute atomic E-state index is 12.1. The third kappa shape index (κ3) is 5.84. The molecule has 0 aliphatic carbocycles. The smallest absolute Gasteiger partial charge is 0.410 e. The van der Waals surface area contributed by atoms with Gasteiger partial charge >= 0.3 is 6.09 Å². The summed E-state index contributed by atoms with van der Waals surface area (Å²) in [6, 6.07) is 10.3. The lowest BCUT2D eigenvalue weighted by Crippen LogP contribution is -2.44. The van der Waals surface area contributed by atoms with Gasteiger partial charge < -0.3 is 20.1 Å². The van der Waals surface area contributed by atoms with E-state index in [1.807, 2.05) is 39.0 Å². The van der Waals surface area contributed by atoms with Crippen molar-refractivity contribution in [2.24, 2.45) is 0 Å². The van der Waals surface area contributed by atoms with Gasteiger partial charge in [-0.2, -0.15) is 0 Å². The van der Waals surface area contributed by atoms with Gasteiger partial charge in [-0.1, -0.05) is 30.3 Å². The van der Waals surface area contributed by atoms with Crippen molar-refractivity contribution in [3.05, 3.63) is 35.9 Å². The first kappa shape index (κ1) is 17.8. The van der Waals surface area contributed by atoms with Crippen LogP contribution in [0.15, 0.2) is 30.3 Å². The Balaban J connectivity index is 1.82. The number of hydrogen-bond donors (Lipinski definition) is 2. The van der Waals surface area contributed by atoms with E-state index in [4.69, 9.17) is 4.74 Å². The van der Waals surface area contributed by atoms with E-state index in [0.717, 1.165) is 12.8 Å². The largest absolute Gasteiger partial charge is 0.444 e. The van der Waals surface area contributed by atoms with Gasteiger partial charge in [-0.25, -0.2) is 4.79 Å². The standard InChI is InChI=1S/C18H28N2O3/c1-18(2,3)23-17(22)20-10-9-15(12-20)19-16(13-21)11-14-7-5-4-6-8-14/h4-8,15-16,19,21H,9-13H2,1-3H3. The maximum atomic E-state index is 12.1. The molecule has 1 aliphatic heterocycles. The monoisotopic (exact) mass is 320 g/mol. The lowest BCUT2D eigenvalue weighted by atomic mass is 10.1. The fourth-order valence-corrected chi connectivity index (χ4v) is 2.80. The van der Waals surface area contributed by atoms with Crippen molar-refractivity contribution in [2.45, 2.75) is 51.3 Å². The number of likely N-dealkylation sites (tertiary alicyclic amines) is 1. The summed E-state index contributed by atoms with van der Waals surface area (Å²) in [6.07, 6.45) is 1.40. The number of carbonyl (C=O) groups excluding carboxylic acids is 1. The van der Waals surface area contributed by atoms with E-state index in [0.29, 0.717) is 13.1 Å². The second-order valence-corrected chi connectivity index (χ2v) is 7.15. The van der Waals surface area contributed by atoms with Crippen molar-refractivity contribution in [3.8, 4) is 0 Å². The second-order valence-electron chi connectivity index (χ2n) is 7.15. The summed E-state index contributed by atoms with van der Waals surface area (Å²) >= 11 is 0. The number of amides is 1. The zero-order valence-corrected chi connectivity index (χ0v) is 14.3. The molecule has 5 heteroatoms. The van der Waals surface area contributed by atoms with Crippen LogP contribution in [0.1, 0.15) is 32.8 Å². The van der Waals surface area contributed by atoms with Crippen molar-refractivity contribution < 1.29 is 14.6 Å². The number of hydrogen-bond acceptors (Lipinski definition) is 4. The van der Waals surface area contributed by atoms with E-state index < -0.39 is 5.60 Å². The first-order chi connectivity index (χ1) is 10.9. The van der Waals surface area contributed by atoms with Crippen molar-refractivity contribution in [3.63, 3.8) is 0 Å². The molecule has 128 valence electrons. The van der Waals surface area contributed by atoms with Crippen LogP contribution in [0.4, 0.5) is 4.79 Å². The Labute approximate surface area is 138 Å². The minimum Gasteiger partial charge on any atom is -0.444 e. The average molecular weight is 320 g/mol. The molecule has 0 bridgehead atoms. The normalized spacial score (nSPS) is 19.7. The van der Waals surface area contributed by atoms with Crippen LogP contribution in [0.3, 0.4) is 0 Å². The highest BCUT2D eigenvalue weighted by molar-refractivity contribution is 5.68. The molecule has 1 aliphatic rings. The van der Waals surface area contributed by atoms with Crippen LogP contribution >= 0.6 is 0 Å². The summed E-state index contributed by atoms with van der Waals surface area (Å²) < 4.78 is 5.41. The summed E-state index contributed by atoms with van der Waals surface area (Å²) in [6.45, 7) is 7.02. The molecule has 5 nitrogen and oxygen atoms in total. The SMILES string of the molecule is CC(C)(C)OC(=O)N1CCC(NC(CO)Cc2ccccc2)C1. The molecule has 1 saturated heterocycles. The molecule has 0 aromatic heterocycles. The van der Waals surface area contributed by atoms with Gasteiger partial charge in [-0.15, -0.1) is 0 Å². The lowest BCUT2D eigenvalue weighted by molar-refractivity contribution is 0.0290. The van der Waals surface area contributed by atoms with Gasteiger partial charge in [0, 0.05) is 25.2 Å². The molecule has 1 fully saturated rings. The lowest BCUT2D eigenvalue weighted by Gasteiger charge is -2.25. The molecule has 1 aromatic rings. The predicted molar refractivity (Wildman–Crippen MR) is 90.4 cm³/mol. The van der Waals surface area contributed by atoms with Crippen LogP contribution in [0.5, 0.6) is 0 Å². The molecule has 1 heterocycles. The summed E-state index contributed by atoms with van der Waals surface area (Å²) in [5.74, 6) is 0. The number of carbonyl (C=O) groups is 1. The van der Waals surface area contributed by atoms with Gasteiger partial charge in [0.1, 0.15) is 5.60 Å². The Morgan fingerprint density at radius 2 is 2.09 bits per heavy atom. The van der Waals surface area contributed by atoms with Crippen LogP contribution in [0, 0.1) is 0 Å². The number of nitrogens with zero attached hydrogens (tertiary/aromatic N) is 1. The van der Waals surface area contributed by atoms with Crippen LogP contribution in [0.25, 0.3) is 0 Å². The maximum Gasteiger partial charge on any atom is 0.410 e. The first-order valence-corrected chi connectivity index (χ1v) is 8.26. The molecule has 0 spiro atoms. The number of aliphatic hydroxyl groups excluding tert-OH is 1. The molecule has 1 amide bonds. The highest BCUT2D eigenvalue weighted by atomic mass is 16.6. The Kier molecular flexibility index (Phi) is 6.02. The molecular weight excluding hydrogens is 292 g/mol. The van der Waals surface area contributed by atoms with Crippen LogP contribution < -0.4 is 5.32 Å². The van der Waals surface area contributed by atoms with Crippen LogP contribution in [-0.2, 0) is 11.2 Å². The minimum absolute atomic E-state index is 0.000913.